The number of H-pyrrole nitrogens is 1. The Balaban J connectivity index is 0.000000416. The van der Waals surface area contributed by atoms with E-state index in [-0.39, 0.29) is 51.0 Å². The van der Waals surface area contributed by atoms with Gasteiger partial charge in [0.25, 0.3) is 0 Å². The first-order valence-corrected chi connectivity index (χ1v) is 7.48. The Morgan fingerprint density at radius 2 is 1.56 bits per heavy atom. The number of rotatable bonds is 0. The minimum absolute atomic E-state index is 0. The molecule has 1 aliphatic rings. The van der Waals surface area contributed by atoms with Crippen molar-refractivity contribution < 1.29 is 51.0 Å². The van der Waals surface area contributed by atoms with Gasteiger partial charge in [-0.3, -0.25) is 0 Å². The van der Waals surface area contributed by atoms with Crippen LogP contribution in [0.2, 0.25) is 0 Å². The van der Waals surface area contributed by atoms with Gasteiger partial charge in [0.1, 0.15) is 0 Å². The Bertz CT molecular complexity index is 930. The predicted octanol–water partition coefficient (Wildman–Crippen LogP) is -2.24. The van der Waals surface area contributed by atoms with Crippen molar-refractivity contribution in [3.8, 4) is 0 Å². The Kier molecular flexibility index (Phi) is 10.3. The molecule has 1 aliphatic carbocycles. The molecule has 0 bridgehead atoms. The van der Waals surface area contributed by atoms with Crippen molar-refractivity contribution in [3.05, 3.63) is 81.9 Å². The Morgan fingerprint density at radius 1 is 0.920 bits per heavy atom. The molecule has 25 heavy (non-hydrogen) atoms. The van der Waals surface area contributed by atoms with Gasteiger partial charge in [-0.1, -0.05) is 51.1 Å². The van der Waals surface area contributed by atoms with Crippen molar-refractivity contribution in [2.24, 2.45) is 0 Å². The van der Waals surface area contributed by atoms with Crippen LogP contribution in [-0.4, -0.2) is 4.98 Å². The molecule has 0 saturated heterocycles. The van der Waals surface area contributed by atoms with E-state index in [1.54, 1.807) is 0 Å². The quantitative estimate of drug-likeness (QED) is 0.375. The molecular formula is C21H19Cl2NZr. The van der Waals surface area contributed by atoms with Crippen LogP contribution in [0.4, 0.5) is 0 Å². The van der Waals surface area contributed by atoms with E-state index in [0.29, 0.717) is 0 Å². The summed E-state index contributed by atoms with van der Waals surface area (Å²) in [6.07, 6.45) is 8.59. The Labute approximate surface area is 180 Å². The molecule has 0 aliphatic heterocycles. The number of halogens is 2. The van der Waals surface area contributed by atoms with Gasteiger partial charge >= 0.3 is 26.2 Å². The van der Waals surface area contributed by atoms with E-state index in [9.17, 15) is 0 Å². The Morgan fingerprint density at radius 3 is 2.20 bits per heavy atom. The number of para-hydroxylation sites is 1. The van der Waals surface area contributed by atoms with Crippen LogP contribution in [0.5, 0.6) is 0 Å². The van der Waals surface area contributed by atoms with E-state index in [1.165, 1.54) is 38.0 Å². The third-order valence-corrected chi connectivity index (χ3v) is 3.78. The second kappa shape index (κ2) is 10.8. The number of hydrogen-bond donors (Lipinski definition) is 1. The van der Waals surface area contributed by atoms with E-state index in [1.807, 2.05) is 18.2 Å². The largest absolute Gasteiger partial charge is 4.00 e. The van der Waals surface area contributed by atoms with Gasteiger partial charge in [-0.15, -0.1) is 63.6 Å². The molecule has 1 N–H and O–H groups in total. The summed E-state index contributed by atoms with van der Waals surface area (Å²) in [4.78, 5) is 3.06. The summed E-state index contributed by atoms with van der Waals surface area (Å²) >= 11 is 0. The zero-order valence-electron chi connectivity index (χ0n) is 14.5. The van der Waals surface area contributed by atoms with E-state index < -0.39 is 0 Å². The molecule has 1 aromatic heterocycles. The third kappa shape index (κ3) is 5.71. The first-order chi connectivity index (χ1) is 10.6. The van der Waals surface area contributed by atoms with Crippen LogP contribution in [0.3, 0.4) is 0 Å². The molecule has 0 saturated carbocycles. The van der Waals surface area contributed by atoms with Gasteiger partial charge in [-0.25, -0.2) is 0 Å². The number of aromatic nitrogens is 1. The predicted molar refractivity (Wildman–Crippen MR) is 93.8 cm³/mol. The van der Waals surface area contributed by atoms with Gasteiger partial charge in [-0.2, -0.15) is 10.9 Å². The molecule has 1 nitrogen and oxygen atoms in total. The molecular weight excluding hydrogens is 428 g/mol. The van der Waals surface area contributed by atoms with Gasteiger partial charge in [0, 0.05) is 0 Å². The number of hydrogen-bond acceptors (Lipinski definition) is 0. The normalized spacial score (nSPS) is 10.6. The second-order valence-electron chi connectivity index (χ2n) is 5.69. The summed E-state index contributed by atoms with van der Waals surface area (Å²) in [5.74, 6) is 0. The summed E-state index contributed by atoms with van der Waals surface area (Å²) in [5.41, 5.74) is 4.91. The minimum atomic E-state index is 0. The second-order valence-corrected chi connectivity index (χ2v) is 5.69. The smallest absolute Gasteiger partial charge is 1.00 e. The molecule has 0 amide bonds. The van der Waals surface area contributed by atoms with Crippen molar-refractivity contribution in [1.82, 2.24) is 4.98 Å². The SMILES string of the molecule is CC(C)=C1[C-]=c2ccccc2=C1.Cc1[c-][nH]c2ccccc12.[Cl-].[Cl-].[Zr+4]. The molecule has 3 aromatic rings. The van der Waals surface area contributed by atoms with E-state index in [0.717, 1.165) is 0 Å². The third-order valence-electron chi connectivity index (χ3n) is 3.78. The van der Waals surface area contributed by atoms with Crippen LogP contribution in [0.25, 0.3) is 23.1 Å². The van der Waals surface area contributed by atoms with Crippen LogP contribution in [0.1, 0.15) is 19.4 Å². The van der Waals surface area contributed by atoms with Crippen molar-refractivity contribution in [2.45, 2.75) is 20.8 Å². The van der Waals surface area contributed by atoms with Crippen LogP contribution < -0.4 is 35.3 Å². The van der Waals surface area contributed by atoms with Crippen molar-refractivity contribution in [2.75, 3.05) is 0 Å². The first-order valence-electron chi connectivity index (χ1n) is 7.48. The fraction of sp³-hybridized carbons (Fsp3) is 0.143. The molecule has 0 spiro atoms. The van der Waals surface area contributed by atoms with Crippen molar-refractivity contribution in [3.63, 3.8) is 0 Å². The van der Waals surface area contributed by atoms with Gasteiger partial charge in [-0.05, 0) is 0 Å². The molecule has 1 heterocycles. The molecule has 0 unspecified atom stereocenters. The molecule has 0 atom stereocenters. The number of allylic oxidation sites excluding steroid dienone is 2. The standard InChI is InChI=1S/C12H11.C9H8N.2ClH.Zr/c1-9(2)12-7-10-5-3-4-6-11(10)8-12;1-7-6-10-9-5-3-2-4-8(7)9;;;/h3-7H,1-2H3;2-5,10H,1H3;2*1H;/q2*-1;;;+4/p-2. The molecule has 4 heteroatoms. The molecule has 0 fully saturated rings. The number of fused-ring (bicyclic) bond motifs is 2. The van der Waals surface area contributed by atoms with Gasteiger partial charge < -0.3 is 29.8 Å². The Hall–Kier alpha value is -1.08. The zero-order chi connectivity index (χ0) is 15.5. The average Bonchev–Trinajstić information content (AvgIpc) is 3.12. The summed E-state index contributed by atoms with van der Waals surface area (Å²) in [6, 6.07) is 16.5. The maximum absolute atomic E-state index is 3.36. The molecule has 4 rings (SSSR count). The summed E-state index contributed by atoms with van der Waals surface area (Å²) < 4.78 is 0. The van der Waals surface area contributed by atoms with Crippen LogP contribution in [0, 0.1) is 13.1 Å². The first kappa shape index (κ1) is 23.9. The summed E-state index contributed by atoms with van der Waals surface area (Å²) in [6.45, 7) is 6.29. The minimum Gasteiger partial charge on any atom is -1.00 e. The molecule has 0 radical (unpaired) electrons. The molecule has 126 valence electrons. The molecule has 2 aromatic carbocycles. The number of benzene rings is 2. The van der Waals surface area contributed by atoms with Gasteiger partial charge in [0.15, 0.2) is 0 Å². The maximum atomic E-state index is 3.36. The van der Waals surface area contributed by atoms with Gasteiger partial charge in [0.05, 0.1) is 0 Å². The van der Waals surface area contributed by atoms with E-state index in [4.69, 9.17) is 0 Å². The summed E-state index contributed by atoms with van der Waals surface area (Å²) in [7, 11) is 0. The fourth-order valence-electron chi connectivity index (χ4n) is 2.49. The number of aryl methyl sites for hydroxylation is 1. The zero-order valence-corrected chi connectivity index (χ0v) is 18.4. The van der Waals surface area contributed by atoms with Crippen molar-refractivity contribution in [1.29, 1.82) is 0 Å². The van der Waals surface area contributed by atoms with Crippen LogP contribution in [-0.2, 0) is 26.2 Å². The number of aromatic amines is 1. The summed E-state index contributed by atoms with van der Waals surface area (Å²) in [5, 5.41) is 3.77. The van der Waals surface area contributed by atoms with E-state index in [2.05, 4.69) is 74.4 Å². The van der Waals surface area contributed by atoms with Crippen LogP contribution in [0.15, 0.2) is 59.7 Å². The monoisotopic (exact) mass is 445 g/mol. The maximum Gasteiger partial charge on any atom is 4.00 e. The van der Waals surface area contributed by atoms with Gasteiger partial charge in [0.2, 0.25) is 0 Å². The van der Waals surface area contributed by atoms with Crippen LogP contribution >= 0.6 is 0 Å². The number of nitrogens with one attached hydrogen (secondary N) is 1. The fourth-order valence-corrected chi connectivity index (χ4v) is 2.49. The van der Waals surface area contributed by atoms with Crippen molar-refractivity contribution >= 4 is 23.1 Å². The van der Waals surface area contributed by atoms with E-state index >= 15 is 0 Å². The average molecular weight is 448 g/mol. The topological polar surface area (TPSA) is 15.8 Å².